The van der Waals surface area contributed by atoms with Crippen LogP contribution >= 0.6 is 0 Å². The molecule has 0 N–H and O–H groups in total. The first-order chi connectivity index (χ1) is 7.55. The molecule has 1 saturated carbocycles. The Labute approximate surface area is 98.3 Å². The molecule has 2 rings (SSSR count). The van der Waals surface area contributed by atoms with Gasteiger partial charge in [0.2, 0.25) is 6.20 Å². The summed E-state index contributed by atoms with van der Waals surface area (Å²) in [7, 11) is 0. The molecule has 88 valence electrons. The Balaban J connectivity index is 2.09. The zero-order valence-corrected chi connectivity index (χ0v) is 10.6. The first kappa shape index (κ1) is 11.4. The Bertz CT molecular complexity index is 348. The van der Waals surface area contributed by atoms with Gasteiger partial charge in [0.05, 0.1) is 6.10 Å². The van der Waals surface area contributed by atoms with E-state index in [1.54, 1.807) is 0 Å². The fourth-order valence-corrected chi connectivity index (χ4v) is 2.14. The van der Waals surface area contributed by atoms with Gasteiger partial charge in [-0.15, -0.1) is 0 Å². The molecule has 1 heterocycles. The Morgan fingerprint density at radius 1 is 1.25 bits per heavy atom. The predicted molar refractivity (Wildman–Crippen MR) is 64.5 cm³/mol. The molecular weight excluding hydrogens is 198 g/mol. The Morgan fingerprint density at radius 2 is 1.94 bits per heavy atom. The van der Waals surface area contributed by atoms with Crippen molar-refractivity contribution in [1.82, 2.24) is 0 Å². The molecule has 1 aliphatic rings. The van der Waals surface area contributed by atoms with Gasteiger partial charge in [0.25, 0.3) is 0 Å². The molecule has 0 bridgehead atoms. The monoisotopic (exact) mass is 220 g/mol. The van der Waals surface area contributed by atoms with E-state index in [0.29, 0.717) is 6.10 Å². The summed E-state index contributed by atoms with van der Waals surface area (Å²) in [5.74, 6) is 1.00. The zero-order chi connectivity index (χ0) is 11.6. The Hall–Kier alpha value is -1.05. The molecule has 2 heteroatoms. The molecule has 16 heavy (non-hydrogen) atoms. The summed E-state index contributed by atoms with van der Waals surface area (Å²) in [5.41, 5.74) is 0.120. The normalized spacial score (nSPS) is 17.7. The number of ether oxygens (including phenoxy) is 1. The molecule has 1 aliphatic carbocycles. The van der Waals surface area contributed by atoms with E-state index in [4.69, 9.17) is 4.74 Å². The topological polar surface area (TPSA) is 13.1 Å². The minimum atomic E-state index is 0.120. The quantitative estimate of drug-likeness (QED) is 0.698. The Kier molecular flexibility index (Phi) is 3.17. The smallest absolute Gasteiger partial charge is 0.211 e. The minimum absolute atomic E-state index is 0.120. The second kappa shape index (κ2) is 4.44. The van der Waals surface area contributed by atoms with E-state index in [9.17, 15) is 0 Å². The van der Waals surface area contributed by atoms with Gasteiger partial charge in [0.1, 0.15) is 0 Å². The molecular formula is C14H22NO+. The highest BCUT2D eigenvalue weighted by Gasteiger charge is 2.23. The van der Waals surface area contributed by atoms with Gasteiger partial charge >= 0.3 is 0 Å². The van der Waals surface area contributed by atoms with Crippen LogP contribution < -0.4 is 9.30 Å². The van der Waals surface area contributed by atoms with E-state index >= 15 is 0 Å². The summed E-state index contributed by atoms with van der Waals surface area (Å²) in [6.45, 7) is 6.60. The Morgan fingerprint density at radius 3 is 2.56 bits per heavy atom. The van der Waals surface area contributed by atoms with Crippen molar-refractivity contribution in [2.24, 2.45) is 0 Å². The van der Waals surface area contributed by atoms with Crippen molar-refractivity contribution in [3.8, 4) is 5.75 Å². The number of hydrogen-bond donors (Lipinski definition) is 0. The lowest BCUT2D eigenvalue weighted by molar-refractivity contribution is -0.754. The van der Waals surface area contributed by atoms with Gasteiger partial charge in [-0.3, -0.25) is 0 Å². The van der Waals surface area contributed by atoms with Gasteiger partial charge < -0.3 is 4.74 Å². The van der Waals surface area contributed by atoms with Crippen LogP contribution in [-0.4, -0.2) is 6.10 Å². The second-order valence-electron chi connectivity index (χ2n) is 5.64. The fraction of sp³-hybridized carbons (Fsp3) is 0.643. The lowest BCUT2D eigenvalue weighted by atomic mass is 10.1. The van der Waals surface area contributed by atoms with Gasteiger partial charge in [0.15, 0.2) is 17.5 Å². The van der Waals surface area contributed by atoms with Gasteiger partial charge in [-0.2, -0.15) is 4.57 Å². The van der Waals surface area contributed by atoms with E-state index < -0.39 is 0 Å². The molecule has 0 saturated heterocycles. The minimum Gasteiger partial charge on any atom is -0.484 e. The molecule has 0 amide bonds. The summed E-state index contributed by atoms with van der Waals surface area (Å²) in [5, 5.41) is 0. The zero-order valence-electron chi connectivity index (χ0n) is 10.6. The van der Waals surface area contributed by atoms with Crippen LogP contribution in [0.3, 0.4) is 0 Å². The molecule has 1 aromatic rings. The maximum atomic E-state index is 5.99. The molecule has 0 radical (unpaired) electrons. The van der Waals surface area contributed by atoms with E-state index in [1.807, 2.05) is 0 Å². The molecule has 0 aromatic carbocycles. The van der Waals surface area contributed by atoms with Crippen LogP contribution in [0.1, 0.15) is 46.5 Å². The third-order valence-corrected chi connectivity index (χ3v) is 3.15. The molecule has 2 nitrogen and oxygen atoms in total. The van der Waals surface area contributed by atoms with Crippen molar-refractivity contribution in [3.63, 3.8) is 0 Å². The number of hydrogen-bond acceptors (Lipinski definition) is 1. The summed E-state index contributed by atoms with van der Waals surface area (Å²) >= 11 is 0. The van der Waals surface area contributed by atoms with E-state index in [1.165, 1.54) is 25.7 Å². The van der Waals surface area contributed by atoms with Gasteiger partial charge in [0, 0.05) is 26.8 Å². The van der Waals surface area contributed by atoms with Crippen molar-refractivity contribution in [2.45, 2.75) is 58.1 Å². The van der Waals surface area contributed by atoms with Crippen molar-refractivity contribution in [1.29, 1.82) is 0 Å². The van der Waals surface area contributed by atoms with Crippen LogP contribution in [0.4, 0.5) is 0 Å². The van der Waals surface area contributed by atoms with Crippen LogP contribution in [0, 0.1) is 0 Å². The maximum absolute atomic E-state index is 5.99. The van der Waals surface area contributed by atoms with Crippen LogP contribution in [-0.2, 0) is 5.54 Å². The SMILES string of the molecule is CC(C)(C)[n+]1cccc(OC2CCCC2)c1. The third-order valence-electron chi connectivity index (χ3n) is 3.15. The summed E-state index contributed by atoms with van der Waals surface area (Å²) in [4.78, 5) is 0. The van der Waals surface area contributed by atoms with Crippen LogP contribution in [0.15, 0.2) is 24.5 Å². The summed E-state index contributed by atoms with van der Waals surface area (Å²) < 4.78 is 8.20. The highest BCUT2D eigenvalue weighted by Crippen LogP contribution is 2.23. The average Bonchev–Trinajstić information content (AvgIpc) is 2.70. The van der Waals surface area contributed by atoms with Crippen molar-refractivity contribution >= 4 is 0 Å². The highest BCUT2D eigenvalue weighted by atomic mass is 16.5. The fourth-order valence-electron chi connectivity index (χ4n) is 2.14. The lowest BCUT2D eigenvalue weighted by Gasteiger charge is -2.16. The van der Waals surface area contributed by atoms with Crippen molar-refractivity contribution in [3.05, 3.63) is 24.5 Å². The van der Waals surface area contributed by atoms with Crippen LogP contribution in [0.5, 0.6) is 5.75 Å². The molecule has 0 unspecified atom stereocenters. The lowest BCUT2D eigenvalue weighted by Crippen LogP contribution is -2.49. The maximum Gasteiger partial charge on any atom is 0.211 e. The molecule has 0 atom stereocenters. The van der Waals surface area contributed by atoms with E-state index in [0.717, 1.165) is 5.75 Å². The van der Waals surface area contributed by atoms with Crippen molar-refractivity contribution in [2.75, 3.05) is 0 Å². The van der Waals surface area contributed by atoms with Gasteiger partial charge in [-0.05, 0) is 31.7 Å². The number of pyridine rings is 1. The first-order valence-electron chi connectivity index (χ1n) is 6.24. The van der Waals surface area contributed by atoms with Crippen molar-refractivity contribution < 1.29 is 9.30 Å². The number of aromatic nitrogens is 1. The predicted octanol–water partition coefficient (Wildman–Crippen LogP) is 3.05. The summed E-state index contributed by atoms with van der Waals surface area (Å²) in [6.07, 6.45) is 9.71. The van der Waals surface area contributed by atoms with Gasteiger partial charge in [-0.25, -0.2) is 0 Å². The molecule has 1 aromatic heterocycles. The van der Waals surface area contributed by atoms with Gasteiger partial charge in [-0.1, -0.05) is 0 Å². The molecule has 0 aliphatic heterocycles. The van der Waals surface area contributed by atoms with E-state index in [2.05, 4.69) is 49.9 Å². The van der Waals surface area contributed by atoms with Crippen LogP contribution in [0.2, 0.25) is 0 Å². The van der Waals surface area contributed by atoms with E-state index in [-0.39, 0.29) is 5.54 Å². The molecule has 1 fully saturated rings. The molecule has 0 spiro atoms. The average molecular weight is 220 g/mol. The highest BCUT2D eigenvalue weighted by molar-refractivity contribution is 5.13. The third kappa shape index (κ3) is 2.75. The summed E-state index contributed by atoms with van der Waals surface area (Å²) in [6, 6.07) is 4.12. The first-order valence-corrected chi connectivity index (χ1v) is 6.24. The van der Waals surface area contributed by atoms with Crippen LogP contribution in [0.25, 0.3) is 0 Å². The second-order valence-corrected chi connectivity index (χ2v) is 5.64. The number of rotatable bonds is 2. The largest absolute Gasteiger partial charge is 0.484 e. The standard InChI is InChI=1S/C14H22NO/c1-14(2,3)15-10-6-9-13(11-15)16-12-7-4-5-8-12/h6,9-12H,4-5,7-8H2,1-3H3/q+1. The number of nitrogens with zero attached hydrogens (tertiary/aromatic N) is 1.